The molecule has 1 atom stereocenters. The van der Waals surface area contributed by atoms with Crippen LogP contribution in [0.4, 0.5) is 4.79 Å². The number of likely N-dealkylation sites (tertiary alicyclic amines) is 1. The Morgan fingerprint density at radius 2 is 1.79 bits per heavy atom. The van der Waals surface area contributed by atoms with Crippen molar-refractivity contribution in [1.82, 2.24) is 20.9 Å². The van der Waals surface area contributed by atoms with Gasteiger partial charge < -0.3 is 15.5 Å². The number of carbonyl (C=O) groups excluding carboxylic acids is 3. The average molecular weight is 407 g/mol. The zero-order valence-corrected chi connectivity index (χ0v) is 16.8. The van der Waals surface area contributed by atoms with E-state index in [4.69, 9.17) is 0 Å². The lowest BCUT2D eigenvalue weighted by molar-refractivity contribution is -0.123. The molecule has 3 fully saturated rings. The Bertz CT molecular complexity index is 757. The number of urea groups is 1. The topological polar surface area (TPSA) is 90.5 Å². The van der Waals surface area contributed by atoms with Gasteiger partial charge in [0, 0.05) is 24.7 Å². The van der Waals surface area contributed by atoms with Gasteiger partial charge in [-0.2, -0.15) is 0 Å². The summed E-state index contributed by atoms with van der Waals surface area (Å²) in [5.74, 6) is 0.511. The number of benzene rings is 1. The van der Waals surface area contributed by atoms with Gasteiger partial charge in [0.15, 0.2) is 0 Å². The predicted molar refractivity (Wildman–Crippen MR) is 107 cm³/mol. The summed E-state index contributed by atoms with van der Waals surface area (Å²) in [5.41, 5.74) is 0.173. The van der Waals surface area contributed by atoms with Crippen molar-refractivity contribution in [3.8, 4) is 0 Å². The molecule has 2 aliphatic heterocycles. The lowest BCUT2D eigenvalue weighted by Crippen LogP contribution is -2.45. The highest BCUT2D eigenvalue weighted by Crippen LogP contribution is 2.28. The zero-order valence-electron chi connectivity index (χ0n) is 16.0. The van der Waals surface area contributed by atoms with E-state index in [0.29, 0.717) is 17.2 Å². The second-order valence-electron chi connectivity index (χ2n) is 8.03. The van der Waals surface area contributed by atoms with Gasteiger partial charge in [-0.1, -0.05) is 12.1 Å². The summed E-state index contributed by atoms with van der Waals surface area (Å²) >= 11 is 0. The molecule has 0 spiro atoms. The smallest absolute Gasteiger partial charge is 0.322 e. The van der Waals surface area contributed by atoms with Crippen molar-refractivity contribution in [2.75, 3.05) is 19.6 Å². The van der Waals surface area contributed by atoms with Gasteiger partial charge in [-0.15, -0.1) is 12.4 Å². The summed E-state index contributed by atoms with van der Waals surface area (Å²) in [6.45, 7) is 4.30. The van der Waals surface area contributed by atoms with Crippen LogP contribution in [0, 0.1) is 5.92 Å². The number of amides is 4. The normalized spacial score (nSPS) is 25.1. The second kappa shape index (κ2) is 8.09. The Morgan fingerprint density at radius 3 is 2.32 bits per heavy atom. The highest BCUT2D eigenvalue weighted by molar-refractivity contribution is 6.07. The van der Waals surface area contributed by atoms with Gasteiger partial charge in [-0.3, -0.25) is 14.9 Å². The standard InChI is InChI=1S/C20H26N4O3.ClH/c1-20(18(26)22-19(27)23-20)15-6-4-14(5-7-15)17(25)24-10-8-16(9-11-24)21-12-13-2-3-13;/h4-7,13,16,21H,2-3,8-12H2,1H3,(H2,22,23,26,27);1H. The van der Waals surface area contributed by atoms with Crippen LogP contribution in [0.25, 0.3) is 0 Å². The van der Waals surface area contributed by atoms with Crippen LogP contribution in [0.3, 0.4) is 0 Å². The van der Waals surface area contributed by atoms with Gasteiger partial charge in [0.1, 0.15) is 5.54 Å². The number of halogens is 1. The number of carbonyl (C=O) groups is 3. The number of hydrogen-bond donors (Lipinski definition) is 3. The molecule has 152 valence electrons. The van der Waals surface area contributed by atoms with Gasteiger partial charge in [0.2, 0.25) is 0 Å². The van der Waals surface area contributed by atoms with Gasteiger partial charge in [0.05, 0.1) is 0 Å². The monoisotopic (exact) mass is 406 g/mol. The highest BCUT2D eigenvalue weighted by Gasteiger charge is 2.43. The van der Waals surface area contributed by atoms with E-state index in [1.165, 1.54) is 12.8 Å². The lowest BCUT2D eigenvalue weighted by Gasteiger charge is -2.32. The fraction of sp³-hybridized carbons (Fsp3) is 0.550. The molecule has 0 bridgehead atoms. The van der Waals surface area contributed by atoms with Crippen molar-refractivity contribution in [2.45, 2.75) is 44.2 Å². The van der Waals surface area contributed by atoms with E-state index in [1.54, 1.807) is 31.2 Å². The molecule has 0 aromatic heterocycles. The minimum Gasteiger partial charge on any atom is -0.339 e. The SMILES string of the molecule is CC1(c2ccc(C(=O)N3CCC(NCC4CC4)CC3)cc2)NC(=O)NC1=O.Cl. The molecular weight excluding hydrogens is 380 g/mol. The van der Waals surface area contributed by atoms with Crippen LogP contribution in [0.1, 0.15) is 48.5 Å². The Balaban J connectivity index is 0.00000225. The van der Waals surface area contributed by atoms with Gasteiger partial charge in [-0.25, -0.2) is 4.79 Å². The molecule has 1 aromatic carbocycles. The first-order valence-electron chi connectivity index (χ1n) is 9.72. The molecule has 1 aromatic rings. The Hall–Kier alpha value is -2.12. The van der Waals surface area contributed by atoms with Gasteiger partial charge in [0.25, 0.3) is 11.8 Å². The zero-order chi connectivity index (χ0) is 19.0. The first-order chi connectivity index (χ1) is 13.0. The molecule has 1 saturated carbocycles. The summed E-state index contributed by atoms with van der Waals surface area (Å²) in [5, 5.41) is 8.51. The molecule has 2 heterocycles. The van der Waals surface area contributed by atoms with Gasteiger partial charge >= 0.3 is 6.03 Å². The van der Waals surface area contributed by atoms with Crippen molar-refractivity contribution in [2.24, 2.45) is 5.92 Å². The molecule has 3 N–H and O–H groups in total. The largest absolute Gasteiger partial charge is 0.339 e. The molecule has 4 rings (SSSR count). The van der Waals surface area contributed by atoms with Crippen LogP contribution in [0.5, 0.6) is 0 Å². The first-order valence-corrected chi connectivity index (χ1v) is 9.72. The van der Waals surface area contributed by atoms with Crippen molar-refractivity contribution in [1.29, 1.82) is 0 Å². The van der Waals surface area contributed by atoms with E-state index in [1.807, 2.05) is 4.90 Å². The molecule has 1 unspecified atom stereocenters. The molecule has 4 amide bonds. The Kier molecular flexibility index (Phi) is 5.95. The molecule has 7 nitrogen and oxygen atoms in total. The summed E-state index contributed by atoms with van der Waals surface area (Å²) < 4.78 is 0. The van der Waals surface area contributed by atoms with E-state index in [9.17, 15) is 14.4 Å². The third-order valence-electron chi connectivity index (χ3n) is 5.93. The molecular formula is C20H27ClN4O3. The van der Waals surface area contributed by atoms with E-state index in [-0.39, 0.29) is 24.2 Å². The van der Waals surface area contributed by atoms with Gasteiger partial charge in [-0.05, 0) is 62.8 Å². The Morgan fingerprint density at radius 1 is 1.14 bits per heavy atom. The van der Waals surface area contributed by atoms with Crippen molar-refractivity contribution in [3.63, 3.8) is 0 Å². The van der Waals surface area contributed by atoms with Crippen LogP contribution in [0.15, 0.2) is 24.3 Å². The van der Waals surface area contributed by atoms with Crippen LogP contribution in [-0.4, -0.2) is 48.4 Å². The van der Waals surface area contributed by atoms with Crippen molar-refractivity contribution in [3.05, 3.63) is 35.4 Å². The fourth-order valence-electron chi connectivity index (χ4n) is 3.82. The van der Waals surface area contributed by atoms with Crippen molar-refractivity contribution < 1.29 is 14.4 Å². The minimum atomic E-state index is -1.09. The number of hydrogen-bond acceptors (Lipinski definition) is 4. The molecule has 8 heteroatoms. The van der Waals surface area contributed by atoms with Crippen LogP contribution in [0.2, 0.25) is 0 Å². The third kappa shape index (κ3) is 4.15. The number of imide groups is 1. The average Bonchev–Trinajstić information content (AvgIpc) is 3.46. The fourth-order valence-corrected chi connectivity index (χ4v) is 3.82. The number of nitrogens with one attached hydrogen (secondary N) is 3. The summed E-state index contributed by atoms with van der Waals surface area (Å²) in [4.78, 5) is 38.1. The van der Waals surface area contributed by atoms with E-state index < -0.39 is 11.6 Å². The minimum absolute atomic E-state index is 0. The highest BCUT2D eigenvalue weighted by atomic mass is 35.5. The Labute approximate surface area is 171 Å². The number of piperidine rings is 1. The van der Waals surface area contributed by atoms with Crippen LogP contribution in [-0.2, 0) is 10.3 Å². The summed E-state index contributed by atoms with van der Waals surface area (Å²) in [6, 6.07) is 6.96. The lowest BCUT2D eigenvalue weighted by atomic mass is 9.91. The van der Waals surface area contributed by atoms with Crippen LogP contribution >= 0.6 is 12.4 Å². The van der Waals surface area contributed by atoms with Crippen LogP contribution < -0.4 is 16.0 Å². The first kappa shape index (κ1) is 20.6. The summed E-state index contributed by atoms with van der Waals surface area (Å²) in [6.07, 6.45) is 4.68. The second-order valence-corrected chi connectivity index (χ2v) is 8.03. The number of nitrogens with zero attached hydrogens (tertiary/aromatic N) is 1. The van der Waals surface area contributed by atoms with E-state index >= 15 is 0 Å². The summed E-state index contributed by atoms with van der Waals surface area (Å²) in [7, 11) is 0. The molecule has 3 aliphatic rings. The molecule has 0 radical (unpaired) electrons. The van der Waals surface area contributed by atoms with Crippen molar-refractivity contribution >= 4 is 30.3 Å². The van der Waals surface area contributed by atoms with E-state index in [0.717, 1.165) is 38.4 Å². The molecule has 1 aliphatic carbocycles. The quantitative estimate of drug-likeness (QED) is 0.650. The molecule has 28 heavy (non-hydrogen) atoms. The maximum atomic E-state index is 12.8. The maximum absolute atomic E-state index is 12.8. The molecule has 2 saturated heterocycles. The maximum Gasteiger partial charge on any atom is 0.322 e. The van der Waals surface area contributed by atoms with E-state index in [2.05, 4.69) is 16.0 Å². The number of rotatable bonds is 5. The predicted octanol–water partition coefficient (Wildman–Crippen LogP) is 1.77. The third-order valence-corrected chi connectivity index (χ3v) is 5.93.